The SMILES string of the molecule is FC(F)(c1ccc(Cl)s1)C1CCCCN1. The van der Waals surface area contributed by atoms with Crippen LogP contribution in [0.1, 0.15) is 24.1 Å². The van der Waals surface area contributed by atoms with E-state index in [4.69, 9.17) is 11.6 Å². The third kappa shape index (κ3) is 2.32. The fourth-order valence-electron chi connectivity index (χ4n) is 1.83. The third-order valence-electron chi connectivity index (χ3n) is 2.65. The number of halogens is 3. The van der Waals surface area contributed by atoms with Crippen molar-refractivity contribution in [3.05, 3.63) is 21.3 Å². The predicted molar refractivity (Wildman–Crippen MR) is 58.9 cm³/mol. The van der Waals surface area contributed by atoms with E-state index in [9.17, 15) is 8.78 Å². The molecule has 1 saturated heterocycles. The third-order valence-corrected chi connectivity index (χ3v) is 3.97. The van der Waals surface area contributed by atoms with Crippen molar-refractivity contribution in [2.75, 3.05) is 6.54 Å². The second-order valence-electron chi connectivity index (χ2n) is 3.73. The fourth-order valence-corrected chi connectivity index (χ4v) is 2.90. The summed E-state index contributed by atoms with van der Waals surface area (Å²) in [5.41, 5.74) is 0. The highest BCUT2D eigenvalue weighted by Gasteiger charge is 2.42. The van der Waals surface area contributed by atoms with Gasteiger partial charge in [-0.1, -0.05) is 18.0 Å². The number of nitrogens with one attached hydrogen (secondary N) is 1. The van der Waals surface area contributed by atoms with Gasteiger partial charge in [0.15, 0.2) is 0 Å². The van der Waals surface area contributed by atoms with Gasteiger partial charge in [0.2, 0.25) is 0 Å². The molecule has 1 fully saturated rings. The van der Waals surface area contributed by atoms with Crippen LogP contribution in [0.25, 0.3) is 0 Å². The van der Waals surface area contributed by atoms with Gasteiger partial charge in [0, 0.05) is 0 Å². The van der Waals surface area contributed by atoms with Crippen molar-refractivity contribution in [3.8, 4) is 0 Å². The Morgan fingerprint density at radius 3 is 2.73 bits per heavy atom. The molecule has 1 N–H and O–H groups in total. The predicted octanol–water partition coefficient (Wildman–Crippen LogP) is 3.64. The van der Waals surface area contributed by atoms with Gasteiger partial charge in [0.1, 0.15) is 0 Å². The van der Waals surface area contributed by atoms with Crippen LogP contribution in [0.2, 0.25) is 4.34 Å². The summed E-state index contributed by atoms with van der Waals surface area (Å²) < 4.78 is 28.3. The average Bonchev–Trinajstić information content (AvgIpc) is 2.67. The van der Waals surface area contributed by atoms with Crippen LogP contribution in [0, 0.1) is 0 Å². The first kappa shape index (κ1) is 11.3. The molecular formula is C10H12ClF2NS. The topological polar surface area (TPSA) is 12.0 Å². The highest BCUT2D eigenvalue weighted by atomic mass is 35.5. The van der Waals surface area contributed by atoms with Gasteiger partial charge in [-0.2, -0.15) is 8.78 Å². The molecular weight excluding hydrogens is 240 g/mol. The summed E-state index contributed by atoms with van der Waals surface area (Å²) in [6.07, 6.45) is 2.38. The smallest absolute Gasteiger partial charge is 0.297 e. The van der Waals surface area contributed by atoms with Gasteiger partial charge < -0.3 is 5.32 Å². The molecule has 15 heavy (non-hydrogen) atoms. The van der Waals surface area contributed by atoms with Crippen molar-refractivity contribution < 1.29 is 8.78 Å². The van der Waals surface area contributed by atoms with E-state index in [1.54, 1.807) is 0 Å². The number of alkyl halides is 2. The minimum absolute atomic E-state index is 0.0619. The maximum absolute atomic E-state index is 13.9. The molecule has 2 heterocycles. The van der Waals surface area contributed by atoms with Crippen LogP contribution in [0.15, 0.2) is 12.1 Å². The Hall–Kier alpha value is -0.190. The van der Waals surface area contributed by atoms with Crippen LogP contribution in [0.4, 0.5) is 8.78 Å². The lowest BCUT2D eigenvalue weighted by Crippen LogP contribution is -2.45. The molecule has 0 bridgehead atoms. The van der Waals surface area contributed by atoms with Crippen LogP contribution in [0.5, 0.6) is 0 Å². The Bertz CT molecular complexity index is 334. The van der Waals surface area contributed by atoms with E-state index in [2.05, 4.69) is 5.32 Å². The number of piperidine rings is 1. The number of hydrogen-bond acceptors (Lipinski definition) is 2. The summed E-state index contributed by atoms with van der Waals surface area (Å²) in [6.45, 7) is 0.680. The van der Waals surface area contributed by atoms with E-state index in [1.165, 1.54) is 12.1 Å². The fraction of sp³-hybridized carbons (Fsp3) is 0.600. The molecule has 0 aliphatic carbocycles. The van der Waals surface area contributed by atoms with E-state index >= 15 is 0 Å². The van der Waals surface area contributed by atoms with Gasteiger partial charge in [-0.25, -0.2) is 0 Å². The lowest BCUT2D eigenvalue weighted by molar-refractivity contribution is -0.0478. The minimum atomic E-state index is -2.79. The Labute approximate surface area is 96.4 Å². The van der Waals surface area contributed by atoms with Crippen LogP contribution >= 0.6 is 22.9 Å². The molecule has 0 aromatic carbocycles. The van der Waals surface area contributed by atoms with E-state index < -0.39 is 12.0 Å². The van der Waals surface area contributed by atoms with Gasteiger partial charge in [-0.3, -0.25) is 0 Å². The number of hydrogen-bond donors (Lipinski definition) is 1. The molecule has 0 saturated carbocycles. The van der Waals surface area contributed by atoms with E-state index in [0.717, 1.165) is 24.2 Å². The van der Waals surface area contributed by atoms with Crippen molar-refractivity contribution in [2.45, 2.75) is 31.2 Å². The second-order valence-corrected chi connectivity index (χ2v) is 5.44. The van der Waals surface area contributed by atoms with Crippen LogP contribution in [-0.4, -0.2) is 12.6 Å². The van der Waals surface area contributed by atoms with E-state index in [-0.39, 0.29) is 4.88 Å². The molecule has 1 aromatic rings. The monoisotopic (exact) mass is 251 g/mol. The van der Waals surface area contributed by atoms with Crippen LogP contribution < -0.4 is 5.32 Å². The zero-order valence-electron chi connectivity index (χ0n) is 8.10. The lowest BCUT2D eigenvalue weighted by atomic mass is 9.98. The van der Waals surface area contributed by atoms with Gasteiger partial charge in [-0.15, -0.1) is 11.3 Å². The summed E-state index contributed by atoms with van der Waals surface area (Å²) in [7, 11) is 0. The Balaban J connectivity index is 2.17. The van der Waals surface area contributed by atoms with E-state index in [1.807, 2.05) is 0 Å². The molecule has 1 unspecified atom stereocenters. The molecule has 1 aliphatic heterocycles. The maximum atomic E-state index is 13.9. The van der Waals surface area contributed by atoms with Gasteiger partial charge in [0.25, 0.3) is 5.92 Å². The van der Waals surface area contributed by atoms with Crippen LogP contribution in [0.3, 0.4) is 0 Å². The lowest BCUT2D eigenvalue weighted by Gasteiger charge is -2.30. The summed E-state index contributed by atoms with van der Waals surface area (Å²) in [5.74, 6) is -2.79. The molecule has 0 spiro atoms. The Morgan fingerprint density at radius 2 is 2.20 bits per heavy atom. The van der Waals surface area contributed by atoms with Gasteiger partial charge in [-0.05, 0) is 31.5 Å². The highest BCUT2D eigenvalue weighted by Crippen LogP contribution is 2.40. The maximum Gasteiger partial charge on any atom is 0.297 e. The standard InChI is InChI=1S/C10H12ClF2NS/c11-9-5-4-8(15-9)10(12,13)7-3-1-2-6-14-7/h4-5,7,14H,1-3,6H2. The second kappa shape index (κ2) is 4.36. The van der Waals surface area contributed by atoms with Gasteiger partial charge >= 0.3 is 0 Å². The zero-order valence-corrected chi connectivity index (χ0v) is 9.68. The highest BCUT2D eigenvalue weighted by molar-refractivity contribution is 7.16. The summed E-state index contributed by atoms with van der Waals surface area (Å²) in [5, 5.41) is 2.88. The van der Waals surface area contributed by atoms with Crippen molar-refractivity contribution in [1.82, 2.24) is 5.32 Å². The first-order valence-electron chi connectivity index (χ1n) is 4.98. The Morgan fingerprint density at radius 1 is 1.40 bits per heavy atom. The van der Waals surface area contributed by atoms with Crippen molar-refractivity contribution in [1.29, 1.82) is 0 Å². The van der Waals surface area contributed by atoms with Crippen molar-refractivity contribution in [2.24, 2.45) is 0 Å². The summed E-state index contributed by atoms with van der Waals surface area (Å²) >= 11 is 6.63. The summed E-state index contributed by atoms with van der Waals surface area (Å²) in [6, 6.07) is 2.21. The molecule has 1 aromatic heterocycles. The molecule has 1 aliphatic rings. The Kier molecular flexibility index (Phi) is 3.28. The molecule has 2 rings (SSSR count). The quantitative estimate of drug-likeness (QED) is 0.846. The zero-order chi connectivity index (χ0) is 10.9. The number of thiophene rings is 1. The molecule has 84 valence electrons. The molecule has 1 nitrogen and oxygen atoms in total. The summed E-state index contributed by atoms with van der Waals surface area (Å²) in [4.78, 5) is 0.0619. The first-order valence-corrected chi connectivity index (χ1v) is 6.17. The molecule has 5 heteroatoms. The molecule has 1 atom stereocenters. The average molecular weight is 252 g/mol. The van der Waals surface area contributed by atoms with E-state index in [0.29, 0.717) is 17.3 Å². The van der Waals surface area contributed by atoms with Crippen molar-refractivity contribution >= 4 is 22.9 Å². The number of rotatable bonds is 2. The first-order chi connectivity index (χ1) is 7.10. The largest absolute Gasteiger partial charge is 0.308 e. The molecule has 0 amide bonds. The normalized spacial score (nSPS) is 23.0. The minimum Gasteiger partial charge on any atom is -0.308 e. The van der Waals surface area contributed by atoms with Gasteiger partial charge in [0.05, 0.1) is 15.3 Å². The van der Waals surface area contributed by atoms with Crippen molar-refractivity contribution in [3.63, 3.8) is 0 Å². The molecule has 0 radical (unpaired) electrons. The van der Waals surface area contributed by atoms with Crippen LogP contribution in [-0.2, 0) is 5.92 Å².